The molecule has 1 aromatic heterocycles. The van der Waals surface area contributed by atoms with E-state index >= 15 is 0 Å². The lowest BCUT2D eigenvalue weighted by Crippen LogP contribution is -2.41. The molecule has 1 saturated heterocycles. The summed E-state index contributed by atoms with van der Waals surface area (Å²) < 4.78 is 21.0. The Hall–Kier alpha value is -2.83. The summed E-state index contributed by atoms with van der Waals surface area (Å²) in [7, 11) is 0. The molecule has 4 rings (SSSR count). The molecule has 1 amide bonds. The molecule has 0 spiro atoms. The number of amides is 1. The summed E-state index contributed by atoms with van der Waals surface area (Å²) in [6.07, 6.45) is 6.74. The van der Waals surface area contributed by atoms with E-state index in [1.807, 2.05) is 43.0 Å². The van der Waals surface area contributed by atoms with E-state index < -0.39 is 0 Å². The van der Waals surface area contributed by atoms with Crippen LogP contribution in [0.1, 0.15) is 57.4 Å². The first-order valence-electron chi connectivity index (χ1n) is 11.8. The highest BCUT2D eigenvalue weighted by molar-refractivity contribution is 5.83. The van der Waals surface area contributed by atoms with E-state index in [0.29, 0.717) is 30.6 Å². The molecule has 2 unspecified atom stereocenters. The van der Waals surface area contributed by atoms with Crippen LogP contribution in [0.5, 0.6) is 5.75 Å². The molecule has 172 valence electrons. The lowest BCUT2D eigenvalue weighted by molar-refractivity contribution is -0.123. The normalized spacial score (nSPS) is 19.3. The average molecular weight is 441 g/mol. The molecule has 2 aromatic rings. The molecule has 1 saturated carbocycles. The van der Waals surface area contributed by atoms with Crippen molar-refractivity contribution in [2.75, 3.05) is 29.9 Å². The fraction of sp³-hybridized carbons (Fsp3) is 0.520. The molecule has 1 aliphatic heterocycles. The van der Waals surface area contributed by atoms with Gasteiger partial charge in [0.25, 0.3) is 0 Å². The third-order valence-electron chi connectivity index (χ3n) is 6.42. The van der Waals surface area contributed by atoms with Crippen molar-refractivity contribution in [3.63, 3.8) is 0 Å². The third kappa shape index (κ3) is 5.14. The minimum atomic E-state index is -0.305. The largest absolute Gasteiger partial charge is 0.489 e. The summed E-state index contributed by atoms with van der Waals surface area (Å²) in [6.45, 7) is 6.02. The summed E-state index contributed by atoms with van der Waals surface area (Å²) in [4.78, 5) is 18.5. The van der Waals surface area contributed by atoms with Crippen LogP contribution in [0.15, 0.2) is 36.5 Å². The van der Waals surface area contributed by atoms with Gasteiger partial charge in [0.05, 0.1) is 18.2 Å². The fourth-order valence-electron chi connectivity index (χ4n) is 4.15. The molecule has 2 N–H and O–H groups in total. The Morgan fingerprint density at radius 1 is 1.25 bits per heavy atom. The molecule has 0 bridgehead atoms. The number of nitrogens with one attached hydrogen (secondary N) is 2. The van der Waals surface area contributed by atoms with Crippen molar-refractivity contribution in [2.24, 2.45) is 0 Å². The van der Waals surface area contributed by atoms with Crippen molar-refractivity contribution < 1.29 is 13.9 Å². The molecule has 32 heavy (non-hydrogen) atoms. The second kappa shape index (κ2) is 10.2. The van der Waals surface area contributed by atoms with Gasteiger partial charge >= 0.3 is 0 Å². The molecule has 7 heteroatoms. The van der Waals surface area contributed by atoms with Crippen LogP contribution in [0, 0.1) is 5.82 Å². The van der Waals surface area contributed by atoms with Crippen molar-refractivity contribution in [2.45, 2.75) is 64.0 Å². The van der Waals surface area contributed by atoms with Crippen molar-refractivity contribution in [1.29, 1.82) is 0 Å². The van der Waals surface area contributed by atoms with Gasteiger partial charge in [-0.2, -0.15) is 0 Å². The summed E-state index contributed by atoms with van der Waals surface area (Å²) >= 11 is 0. The Balaban J connectivity index is 1.32. The minimum Gasteiger partial charge on any atom is -0.489 e. The summed E-state index contributed by atoms with van der Waals surface area (Å²) in [5.74, 6) is 0.673. The SMILES string of the molecule is CCCNc1nccc(N2CCC(Oc3ccc(C(C)C(=O)NC4CCC4)cc3)C2)c1F. The van der Waals surface area contributed by atoms with Crippen LogP contribution in [0.3, 0.4) is 0 Å². The van der Waals surface area contributed by atoms with E-state index in [4.69, 9.17) is 4.74 Å². The summed E-state index contributed by atoms with van der Waals surface area (Å²) in [6, 6.07) is 9.83. The number of nitrogens with zero attached hydrogens (tertiary/aromatic N) is 2. The number of hydrogen-bond donors (Lipinski definition) is 2. The number of benzene rings is 1. The van der Waals surface area contributed by atoms with Gasteiger partial charge in [-0.1, -0.05) is 19.1 Å². The Kier molecular flexibility index (Phi) is 7.12. The maximum Gasteiger partial charge on any atom is 0.227 e. The summed E-state index contributed by atoms with van der Waals surface area (Å²) in [5, 5.41) is 6.16. The number of carbonyl (C=O) groups excluding carboxylic acids is 1. The Morgan fingerprint density at radius 2 is 2.03 bits per heavy atom. The number of pyridine rings is 1. The molecule has 2 fully saturated rings. The van der Waals surface area contributed by atoms with Crippen molar-refractivity contribution in [3.05, 3.63) is 47.9 Å². The molecular weight excluding hydrogens is 407 g/mol. The fourth-order valence-corrected chi connectivity index (χ4v) is 4.15. The van der Waals surface area contributed by atoms with E-state index in [-0.39, 0.29) is 23.7 Å². The molecule has 1 aliphatic carbocycles. The highest BCUT2D eigenvalue weighted by Crippen LogP contribution is 2.29. The van der Waals surface area contributed by atoms with Gasteiger partial charge in [0.2, 0.25) is 5.91 Å². The highest BCUT2D eigenvalue weighted by atomic mass is 19.1. The Morgan fingerprint density at radius 3 is 2.72 bits per heavy atom. The monoisotopic (exact) mass is 440 g/mol. The van der Waals surface area contributed by atoms with E-state index in [1.54, 1.807) is 12.3 Å². The zero-order valence-electron chi connectivity index (χ0n) is 18.9. The topological polar surface area (TPSA) is 66.5 Å². The standard InChI is InChI=1S/C25H33FN4O2/c1-3-13-27-24-23(26)22(11-14-28-24)30-15-12-21(16-30)32-20-9-7-18(8-10-20)17(2)25(31)29-19-5-4-6-19/h7-11,14,17,19,21H,3-6,12-13,15-16H2,1-2H3,(H,27,28)(H,29,31). The van der Waals surface area contributed by atoms with Crippen molar-refractivity contribution in [3.8, 4) is 5.75 Å². The van der Waals surface area contributed by atoms with Gasteiger partial charge in [-0.15, -0.1) is 0 Å². The van der Waals surface area contributed by atoms with Crippen LogP contribution in [0.4, 0.5) is 15.9 Å². The van der Waals surface area contributed by atoms with Crippen LogP contribution < -0.4 is 20.3 Å². The van der Waals surface area contributed by atoms with Gasteiger partial charge in [0.1, 0.15) is 11.9 Å². The van der Waals surface area contributed by atoms with E-state index in [2.05, 4.69) is 15.6 Å². The van der Waals surface area contributed by atoms with Crippen LogP contribution in [0.2, 0.25) is 0 Å². The number of anilines is 2. The average Bonchev–Trinajstić information content (AvgIpc) is 3.23. The first-order valence-corrected chi connectivity index (χ1v) is 11.8. The van der Waals surface area contributed by atoms with Crippen LogP contribution in [-0.2, 0) is 4.79 Å². The second-order valence-corrected chi connectivity index (χ2v) is 8.82. The molecule has 1 aromatic carbocycles. The number of ether oxygens (including phenoxy) is 1. The Bertz CT molecular complexity index is 917. The molecule has 0 radical (unpaired) electrons. The zero-order chi connectivity index (χ0) is 22.5. The highest BCUT2D eigenvalue weighted by Gasteiger charge is 2.27. The second-order valence-electron chi connectivity index (χ2n) is 8.82. The molecule has 2 aliphatic rings. The van der Waals surface area contributed by atoms with Crippen molar-refractivity contribution in [1.82, 2.24) is 10.3 Å². The number of halogens is 1. The Labute approximate surface area is 189 Å². The summed E-state index contributed by atoms with van der Waals surface area (Å²) in [5.41, 5.74) is 1.54. The predicted molar refractivity (Wildman–Crippen MR) is 125 cm³/mol. The number of rotatable bonds is 9. The molecule has 2 heterocycles. The quantitative estimate of drug-likeness (QED) is 0.602. The van der Waals surface area contributed by atoms with Gasteiger partial charge < -0.3 is 20.3 Å². The lowest BCUT2D eigenvalue weighted by Gasteiger charge is -2.28. The maximum atomic E-state index is 14.9. The first kappa shape index (κ1) is 22.4. The molecule has 2 atom stereocenters. The van der Waals surface area contributed by atoms with Gasteiger partial charge in [0, 0.05) is 31.7 Å². The number of aromatic nitrogens is 1. The maximum absolute atomic E-state index is 14.9. The number of carbonyl (C=O) groups is 1. The van der Waals surface area contributed by atoms with Crippen LogP contribution in [-0.4, -0.2) is 42.7 Å². The van der Waals surface area contributed by atoms with Gasteiger partial charge in [-0.25, -0.2) is 9.37 Å². The predicted octanol–water partition coefficient (Wildman–Crippen LogP) is 4.47. The first-order chi connectivity index (χ1) is 15.5. The van der Waals surface area contributed by atoms with Gasteiger partial charge in [0.15, 0.2) is 11.6 Å². The van der Waals surface area contributed by atoms with E-state index in [0.717, 1.165) is 43.5 Å². The minimum absolute atomic E-state index is 0.0141. The zero-order valence-corrected chi connectivity index (χ0v) is 18.9. The number of hydrogen-bond acceptors (Lipinski definition) is 5. The van der Waals surface area contributed by atoms with Crippen LogP contribution >= 0.6 is 0 Å². The van der Waals surface area contributed by atoms with Crippen molar-refractivity contribution >= 4 is 17.4 Å². The van der Waals surface area contributed by atoms with E-state index in [9.17, 15) is 9.18 Å². The lowest BCUT2D eigenvalue weighted by atomic mass is 9.91. The smallest absolute Gasteiger partial charge is 0.227 e. The van der Waals surface area contributed by atoms with Gasteiger partial charge in [-0.3, -0.25) is 4.79 Å². The van der Waals surface area contributed by atoms with E-state index in [1.165, 1.54) is 6.42 Å². The van der Waals surface area contributed by atoms with Gasteiger partial charge in [-0.05, 0) is 56.4 Å². The third-order valence-corrected chi connectivity index (χ3v) is 6.42. The van der Waals surface area contributed by atoms with Crippen LogP contribution in [0.25, 0.3) is 0 Å². The molecule has 6 nitrogen and oxygen atoms in total. The molecular formula is C25H33FN4O2.